The molecule has 9 heteroatoms. The van der Waals surface area contributed by atoms with Gasteiger partial charge in [0.05, 0.1) is 5.75 Å². The minimum atomic E-state index is -3.89. The molecule has 1 heterocycles. The van der Waals surface area contributed by atoms with Gasteiger partial charge in [-0.05, 0) is 12.5 Å². The third-order valence-corrected chi connectivity index (χ3v) is 5.37. The Balaban J connectivity index is 2.13. The first-order chi connectivity index (χ1) is 9.67. The molecule has 0 bridgehead atoms. The van der Waals surface area contributed by atoms with Crippen LogP contribution in [0.25, 0.3) is 10.2 Å². The molecule has 1 aromatic carbocycles. The van der Waals surface area contributed by atoms with Crippen LogP contribution in [0.4, 0.5) is 0 Å². The van der Waals surface area contributed by atoms with E-state index >= 15 is 0 Å². The van der Waals surface area contributed by atoms with Gasteiger partial charge in [-0.3, -0.25) is 4.55 Å². The molecule has 0 atom stereocenters. The summed E-state index contributed by atoms with van der Waals surface area (Å²) in [6, 6.07) is 5.49. The Morgan fingerprint density at radius 2 is 1.95 bits per heavy atom. The largest absolute Gasteiger partial charge is 0.286 e. The lowest BCUT2D eigenvalue weighted by molar-refractivity contribution is -0.667. The van der Waals surface area contributed by atoms with E-state index in [0.29, 0.717) is 24.9 Å². The number of fused-ring (bicyclic) bond motifs is 1. The summed E-state index contributed by atoms with van der Waals surface area (Å²) in [6.45, 7) is 0.638. The van der Waals surface area contributed by atoms with E-state index in [9.17, 15) is 8.42 Å². The van der Waals surface area contributed by atoms with Crippen LogP contribution in [0.2, 0.25) is 0 Å². The zero-order chi connectivity index (χ0) is 15.7. The lowest BCUT2D eigenvalue weighted by Gasteiger charge is -2.09. The highest BCUT2D eigenvalue weighted by Crippen LogP contribution is 2.39. The first-order valence-electron chi connectivity index (χ1n) is 6.10. The summed E-state index contributed by atoms with van der Waals surface area (Å²) in [5, 5.41) is 0. The zero-order valence-electron chi connectivity index (χ0n) is 10.8. The molecule has 1 aromatic heterocycles. The Bertz CT molecular complexity index is 738. The molecule has 0 saturated carbocycles. The number of benzene rings is 1. The van der Waals surface area contributed by atoms with Gasteiger partial charge in [0.2, 0.25) is 14.8 Å². The van der Waals surface area contributed by atoms with Crippen LogP contribution in [-0.2, 0) is 20.5 Å². The molecule has 2 aromatic rings. The zero-order valence-corrected chi connectivity index (χ0v) is 14.7. The lowest BCUT2D eigenvalue weighted by Crippen LogP contribution is -2.31. The number of hydrogen-bond donors (Lipinski definition) is 1. The molecule has 4 nitrogen and oxygen atoms in total. The minimum absolute atomic E-state index is 0.227. The summed E-state index contributed by atoms with van der Waals surface area (Å²) in [4.78, 5) is 0. The maximum Gasteiger partial charge on any atom is 0.264 e. The summed E-state index contributed by atoms with van der Waals surface area (Å²) in [5.74, 6) is -0.227. The molecule has 0 radical (unpaired) electrons. The van der Waals surface area contributed by atoms with E-state index in [1.165, 1.54) is 0 Å². The molecule has 0 spiro atoms. The number of hydrogen-bond acceptors (Lipinski definition) is 3. The monoisotopic (exact) mass is 388 g/mol. The fourth-order valence-electron chi connectivity index (χ4n) is 1.93. The third-order valence-electron chi connectivity index (χ3n) is 2.95. The molecule has 0 unspecified atom stereocenters. The topological polar surface area (TPSA) is 58.3 Å². The Morgan fingerprint density at radius 1 is 1.24 bits per heavy atom. The van der Waals surface area contributed by atoms with Crippen molar-refractivity contribution in [3.8, 4) is 0 Å². The molecule has 2 rings (SSSR count). The normalized spacial score (nSPS) is 13.0. The number of aromatic nitrogens is 1. The Hall–Kier alpha value is -0.110. The molecule has 0 fully saturated rings. The smallest absolute Gasteiger partial charge is 0.264 e. The molecule has 0 aliphatic heterocycles. The van der Waals surface area contributed by atoms with Crippen LogP contribution in [-0.4, -0.2) is 18.7 Å². The van der Waals surface area contributed by atoms with Crippen molar-refractivity contribution >= 4 is 66.5 Å². The van der Waals surface area contributed by atoms with Crippen molar-refractivity contribution in [3.05, 3.63) is 29.3 Å². The second-order valence-corrected chi connectivity index (χ2v) is 9.33. The van der Waals surface area contributed by atoms with Gasteiger partial charge in [-0.15, -0.1) is 0 Å². The molecule has 1 N–H and O–H groups in total. The van der Waals surface area contributed by atoms with Crippen LogP contribution < -0.4 is 4.57 Å². The van der Waals surface area contributed by atoms with Gasteiger partial charge in [0.15, 0.2) is 0 Å². The van der Waals surface area contributed by atoms with E-state index in [1.54, 1.807) is 17.4 Å². The molecule has 0 aliphatic carbocycles. The van der Waals surface area contributed by atoms with Crippen molar-refractivity contribution < 1.29 is 17.5 Å². The third kappa shape index (κ3) is 4.94. The van der Waals surface area contributed by atoms with Gasteiger partial charge in [0.25, 0.3) is 10.1 Å². The first kappa shape index (κ1) is 17.2. The number of aryl methyl sites for hydroxylation is 1. The summed E-state index contributed by atoms with van der Waals surface area (Å²) in [5.41, 5.74) is 3.47. The van der Waals surface area contributed by atoms with E-state index in [1.807, 2.05) is 22.2 Å². The summed E-state index contributed by atoms with van der Waals surface area (Å²) in [7, 11) is -3.89. The highest BCUT2D eigenvalue weighted by atomic mass is 35.6. The van der Waals surface area contributed by atoms with Gasteiger partial charge < -0.3 is 0 Å². The van der Waals surface area contributed by atoms with Crippen molar-refractivity contribution in [1.82, 2.24) is 0 Å². The van der Waals surface area contributed by atoms with Gasteiger partial charge in [0.1, 0.15) is 11.2 Å². The SMILES string of the molecule is O=S(=O)(O)CCCC[n+]1csc2ccc(C(Cl)(Cl)Cl)cc21. The second kappa shape index (κ2) is 6.56. The number of alkyl halides is 3. The van der Waals surface area contributed by atoms with Crippen LogP contribution in [0.5, 0.6) is 0 Å². The quantitative estimate of drug-likeness (QED) is 0.367. The number of unbranched alkanes of at least 4 members (excludes halogenated alkanes) is 1. The summed E-state index contributed by atoms with van der Waals surface area (Å²) < 4.78 is 31.6. The second-order valence-electron chi connectivity index (χ2n) is 4.59. The van der Waals surface area contributed by atoms with Crippen LogP contribution in [0.15, 0.2) is 23.7 Å². The van der Waals surface area contributed by atoms with Gasteiger partial charge in [0, 0.05) is 18.1 Å². The van der Waals surface area contributed by atoms with E-state index in [0.717, 1.165) is 10.2 Å². The van der Waals surface area contributed by atoms with Gasteiger partial charge in [-0.25, -0.2) is 0 Å². The van der Waals surface area contributed by atoms with Crippen molar-refractivity contribution in [2.45, 2.75) is 23.2 Å². The number of nitrogens with zero attached hydrogens (tertiary/aromatic N) is 1. The van der Waals surface area contributed by atoms with Gasteiger partial charge >= 0.3 is 0 Å². The molecular weight excluding hydrogens is 377 g/mol. The maximum atomic E-state index is 10.7. The first-order valence-corrected chi connectivity index (χ1v) is 9.72. The minimum Gasteiger partial charge on any atom is -0.286 e. The highest BCUT2D eigenvalue weighted by Gasteiger charge is 2.25. The molecule has 0 amide bonds. The number of rotatable bonds is 5. The fraction of sp³-hybridized carbons (Fsp3) is 0.417. The molecular formula is C12H13Cl3NO3S2+. The van der Waals surface area contributed by atoms with Crippen molar-refractivity contribution in [1.29, 1.82) is 0 Å². The Kier molecular flexibility index (Phi) is 5.39. The number of thiazole rings is 1. The lowest BCUT2D eigenvalue weighted by atomic mass is 10.2. The van der Waals surface area contributed by atoms with Crippen molar-refractivity contribution in [3.63, 3.8) is 0 Å². The average Bonchev–Trinajstić information content (AvgIpc) is 2.75. The standard InChI is InChI=1S/C12H12Cl3NO3S2/c13-12(14,15)9-3-4-11-10(7-9)16(8-20-11)5-1-2-6-21(17,18)19/h3-4,7-8H,1-2,5-6H2/p+1. The Labute approximate surface area is 142 Å². The van der Waals surface area contributed by atoms with Crippen LogP contribution >= 0.6 is 46.1 Å². The molecule has 116 valence electrons. The predicted molar refractivity (Wildman–Crippen MR) is 86.9 cm³/mol. The average molecular weight is 390 g/mol. The molecule has 21 heavy (non-hydrogen) atoms. The van der Waals surface area contributed by atoms with E-state index in [4.69, 9.17) is 39.4 Å². The van der Waals surface area contributed by atoms with E-state index < -0.39 is 13.9 Å². The summed E-state index contributed by atoms with van der Waals surface area (Å²) >= 11 is 19.2. The van der Waals surface area contributed by atoms with Crippen molar-refractivity contribution in [2.24, 2.45) is 0 Å². The van der Waals surface area contributed by atoms with Crippen molar-refractivity contribution in [2.75, 3.05) is 5.75 Å². The fourth-order valence-corrected chi connectivity index (χ4v) is 3.76. The van der Waals surface area contributed by atoms with Crippen LogP contribution in [0.1, 0.15) is 18.4 Å². The number of halogens is 3. The van der Waals surface area contributed by atoms with Gasteiger partial charge in [-0.2, -0.15) is 13.0 Å². The molecule has 0 aliphatic rings. The van der Waals surface area contributed by atoms with E-state index in [-0.39, 0.29) is 5.75 Å². The van der Waals surface area contributed by atoms with Crippen LogP contribution in [0, 0.1) is 0 Å². The maximum absolute atomic E-state index is 10.7. The van der Waals surface area contributed by atoms with Gasteiger partial charge in [-0.1, -0.05) is 52.2 Å². The molecule has 0 saturated heterocycles. The predicted octanol–water partition coefficient (Wildman–Crippen LogP) is 3.68. The summed E-state index contributed by atoms with van der Waals surface area (Å²) in [6.07, 6.45) is 1.03. The van der Waals surface area contributed by atoms with E-state index in [2.05, 4.69) is 0 Å². The van der Waals surface area contributed by atoms with Crippen LogP contribution in [0.3, 0.4) is 0 Å². The highest BCUT2D eigenvalue weighted by molar-refractivity contribution is 7.85. The Morgan fingerprint density at radius 3 is 2.57 bits per heavy atom.